The maximum Gasteiger partial charge on any atom is 0.0488 e. The van der Waals surface area contributed by atoms with Crippen LogP contribution in [0.4, 0.5) is 0 Å². The van der Waals surface area contributed by atoms with Gasteiger partial charge in [-0.15, -0.1) is 0 Å². The second-order valence-electron chi connectivity index (χ2n) is 3.97. The van der Waals surface area contributed by atoms with E-state index in [-0.39, 0.29) is 0 Å². The fourth-order valence-electron chi connectivity index (χ4n) is 2.21. The van der Waals surface area contributed by atoms with Crippen molar-refractivity contribution in [3.05, 3.63) is 35.0 Å². The van der Waals surface area contributed by atoms with E-state index < -0.39 is 0 Å². The van der Waals surface area contributed by atoms with Crippen LogP contribution in [0.5, 0.6) is 0 Å². The Morgan fingerprint density at radius 1 is 1.33 bits per heavy atom. The molecule has 0 bridgehead atoms. The molecule has 2 heteroatoms. The zero-order chi connectivity index (χ0) is 10.8. The summed E-state index contributed by atoms with van der Waals surface area (Å²) in [4.78, 5) is 3.51. The molecule has 0 aliphatic rings. The van der Waals surface area contributed by atoms with E-state index in [2.05, 4.69) is 37.0 Å². The highest BCUT2D eigenvalue weighted by Gasteiger charge is 2.09. The fourth-order valence-corrected chi connectivity index (χ4v) is 2.21. The summed E-state index contributed by atoms with van der Waals surface area (Å²) in [6.07, 6.45) is 2.01. The van der Waals surface area contributed by atoms with Crippen LogP contribution in [0.3, 0.4) is 0 Å². The SMILES string of the molecule is CCc1[nH]c2c(C)cccc2c1CCN. The molecule has 0 atom stereocenters. The van der Waals surface area contributed by atoms with Crippen LogP contribution in [-0.4, -0.2) is 11.5 Å². The predicted molar refractivity (Wildman–Crippen MR) is 65.2 cm³/mol. The number of aromatic nitrogens is 1. The molecule has 0 spiro atoms. The molecule has 3 N–H and O–H groups in total. The number of hydrogen-bond acceptors (Lipinski definition) is 1. The third-order valence-corrected chi connectivity index (χ3v) is 2.99. The second-order valence-corrected chi connectivity index (χ2v) is 3.97. The zero-order valence-corrected chi connectivity index (χ0v) is 9.43. The van der Waals surface area contributed by atoms with Crippen LogP contribution >= 0.6 is 0 Å². The van der Waals surface area contributed by atoms with Crippen LogP contribution in [0.15, 0.2) is 18.2 Å². The van der Waals surface area contributed by atoms with Gasteiger partial charge in [0.2, 0.25) is 0 Å². The molecule has 80 valence electrons. The standard InChI is InChI=1S/C13H18N2/c1-3-12-10(7-8-14)11-6-4-5-9(2)13(11)15-12/h4-6,15H,3,7-8,14H2,1-2H3. The van der Waals surface area contributed by atoms with Gasteiger partial charge < -0.3 is 10.7 Å². The zero-order valence-electron chi connectivity index (χ0n) is 9.43. The van der Waals surface area contributed by atoms with E-state index in [9.17, 15) is 0 Å². The summed E-state index contributed by atoms with van der Waals surface area (Å²) < 4.78 is 0. The number of aryl methyl sites for hydroxylation is 2. The Kier molecular flexibility index (Phi) is 2.78. The van der Waals surface area contributed by atoms with Gasteiger partial charge in [0.05, 0.1) is 0 Å². The van der Waals surface area contributed by atoms with Gasteiger partial charge in [-0.3, -0.25) is 0 Å². The highest BCUT2D eigenvalue weighted by Crippen LogP contribution is 2.25. The molecule has 1 heterocycles. The molecular weight excluding hydrogens is 184 g/mol. The molecule has 0 fully saturated rings. The Hall–Kier alpha value is -1.28. The lowest BCUT2D eigenvalue weighted by Crippen LogP contribution is -2.04. The average Bonchev–Trinajstić information content (AvgIpc) is 2.59. The van der Waals surface area contributed by atoms with Crippen molar-refractivity contribution >= 4 is 10.9 Å². The summed E-state index contributed by atoms with van der Waals surface area (Å²) in [5.74, 6) is 0. The monoisotopic (exact) mass is 202 g/mol. The predicted octanol–water partition coefficient (Wildman–Crippen LogP) is 2.54. The summed E-state index contributed by atoms with van der Waals surface area (Å²) in [5, 5.41) is 1.34. The Morgan fingerprint density at radius 2 is 2.13 bits per heavy atom. The summed E-state index contributed by atoms with van der Waals surface area (Å²) in [5.41, 5.74) is 11.0. The van der Waals surface area contributed by atoms with Crippen molar-refractivity contribution < 1.29 is 0 Å². The van der Waals surface area contributed by atoms with Crippen LogP contribution in [0, 0.1) is 6.92 Å². The molecule has 0 radical (unpaired) electrons. The van der Waals surface area contributed by atoms with Gasteiger partial charge in [0.25, 0.3) is 0 Å². The third-order valence-electron chi connectivity index (χ3n) is 2.99. The number of benzene rings is 1. The van der Waals surface area contributed by atoms with Crippen molar-refractivity contribution in [2.24, 2.45) is 5.73 Å². The fraction of sp³-hybridized carbons (Fsp3) is 0.385. The van der Waals surface area contributed by atoms with Crippen LogP contribution in [0.2, 0.25) is 0 Å². The highest BCUT2D eigenvalue weighted by atomic mass is 14.7. The number of H-pyrrole nitrogens is 1. The Balaban J connectivity index is 2.68. The lowest BCUT2D eigenvalue weighted by atomic mass is 10.0. The van der Waals surface area contributed by atoms with E-state index in [4.69, 9.17) is 5.73 Å². The molecule has 2 nitrogen and oxygen atoms in total. The van der Waals surface area contributed by atoms with Crippen molar-refractivity contribution in [3.63, 3.8) is 0 Å². The van der Waals surface area contributed by atoms with Gasteiger partial charge in [-0.05, 0) is 37.4 Å². The first-order valence-corrected chi connectivity index (χ1v) is 5.57. The number of aromatic amines is 1. The molecule has 1 aromatic heterocycles. The number of para-hydroxylation sites is 1. The van der Waals surface area contributed by atoms with E-state index in [0.717, 1.165) is 12.8 Å². The molecule has 2 aromatic rings. The van der Waals surface area contributed by atoms with Crippen molar-refractivity contribution in [1.82, 2.24) is 4.98 Å². The molecule has 0 saturated heterocycles. The Bertz CT molecular complexity index is 469. The molecule has 0 unspecified atom stereocenters. The minimum Gasteiger partial charge on any atom is -0.358 e. The van der Waals surface area contributed by atoms with Crippen LogP contribution in [0.25, 0.3) is 10.9 Å². The van der Waals surface area contributed by atoms with E-state index >= 15 is 0 Å². The van der Waals surface area contributed by atoms with Gasteiger partial charge in [-0.2, -0.15) is 0 Å². The first-order chi connectivity index (χ1) is 7.27. The van der Waals surface area contributed by atoms with Gasteiger partial charge in [-0.25, -0.2) is 0 Å². The summed E-state index contributed by atoms with van der Waals surface area (Å²) in [7, 11) is 0. The van der Waals surface area contributed by atoms with Gasteiger partial charge in [0.15, 0.2) is 0 Å². The quantitative estimate of drug-likeness (QED) is 0.789. The van der Waals surface area contributed by atoms with Crippen molar-refractivity contribution in [3.8, 4) is 0 Å². The first kappa shape index (κ1) is 10.2. The average molecular weight is 202 g/mol. The molecule has 0 amide bonds. The lowest BCUT2D eigenvalue weighted by molar-refractivity contribution is 0.936. The number of fused-ring (bicyclic) bond motifs is 1. The molecule has 0 aliphatic heterocycles. The first-order valence-electron chi connectivity index (χ1n) is 5.57. The topological polar surface area (TPSA) is 41.8 Å². The number of nitrogens with one attached hydrogen (secondary N) is 1. The van der Waals surface area contributed by atoms with Crippen LogP contribution in [-0.2, 0) is 12.8 Å². The molecule has 1 aromatic carbocycles. The number of rotatable bonds is 3. The summed E-state index contributed by atoms with van der Waals surface area (Å²) in [6, 6.07) is 6.44. The summed E-state index contributed by atoms with van der Waals surface area (Å²) in [6.45, 7) is 5.04. The van der Waals surface area contributed by atoms with Gasteiger partial charge in [0.1, 0.15) is 0 Å². The smallest absolute Gasteiger partial charge is 0.0488 e. The minimum absolute atomic E-state index is 0.716. The molecule has 2 rings (SSSR count). The van der Waals surface area contributed by atoms with E-state index in [1.54, 1.807) is 0 Å². The van der Waals surface area contributed by atoms with Gasteiger partial charge in [-0.1, -0.05) is 25.1 Å². The molecule has 15 heavy (non-hydrogen) atoms. The van der Waals surface area contributed by atoms with Gasteiger partial charge in [0, 0.05) is 16.6 Å². The minimum atomic E-state index is 0.716. The van der Waals surface area contributed by atoms with E-state index in [1.807, 2.05) is 0 Å². The van der Waals surface area contributed by atoms with Crippen LogP contribution in [0.1, 0.15) is 23.7 Å². The van der Waals surface area contributed by atoms with Crippen molar-refractivity contribution in [2.75, 3.05) is 6.54 Å². The van der Waals surface area contributed by atoms with E-state index in [1.165, 1.54) is 27.7 Å². The highest BCUT2D eigenvalue weighted by molar-refractivity contribution is 5.87. The summed E-state index contributed by atoms with van der Waals surface area (Å²) >= 11 is 0. The molecule has 0 aliphatic carbocycles. The normalized spacial score (nSPS) is 11.1. The van der Waals surface area contributed by atoms with E-state index in [0.29, 0.717) is 6.54 Å². The molecular formula is C13H18N2. The number of nitrogens with two attached hydrogens (primary N) is 1. The molecule has 0 saturated carbocycles. The Labute approximate surface area is 90.5 Å². The van der Waals surface area contributed by atoms with Crippen molar-refractivity contribution in [2.45, 2.75) is 26.7 Å². The van der Waals surface area contributed by atoms with Crippen LogP contribution < -0.4 is 5.73 Å². The maximum absolute atomic E-state index is 5.66. The third kappa shape index (κ3) is 1.65. The second kappa shape index (κ2) is 4.07. The van der Waals surface area contributed by atoms with Crippen molar-refractivity contribution in [1.29, 1.82) is 0 Å². The van der Waals surface area contributed by atoms with Gasteiger partial charge >= 0.3 is 0 Å². The lowest BCUT2D eigenvalue weighted by Gasteiger charge is -2.00. The largest absolute Gasteiger partial charge is 0.358 e. The number of hydrogen-bond donors (Lipinski definition) is 2. The Morgan fingerprint density at radius 3 is 2.80 bits per heavy atom. The maximum atomic E-state index is 5.66.